The van der Waals surface area contributed by atoms with Crippen molar-refractivity contribution in [1.82, 2.24) is 20.1 Å². The molecule has 8 nitrogen and oxygen atoms in total. The Morgan fingerprint density at radius 1 is 1.23 bits per heavy atom. The fourth-order valence-electron chi connectivity index (χ4n) is 3.58. The van der Waals surface area contributed by atoms with Crippen molar-refractivity contribution >= 4 is 29.3 Å². The molecule has 3 rings (SSSR count). The van der Waals surface area contributed by atoms with Crippen LogP contribution in [0.5, 0.6) is 5.75 Å². The third-order valence-corrected chi connectivity index (χ3v) is 6.41. The molecule has 1 saturated carbocycles. The molecular weight excluding hydrogens is 402 g/mol. The van der Waals surface area contributed by atoms with Crippen LogP contribution >= 0.6 is 11.8 Å². The summed E-state index contributed by atoms with van der Waals surface area (Å²) in [5, 5.41) is 14.8. The van der Waals surface area contributed by atoms with Crippen LogP contribution in [0.4, 0.5) is 5.69 Å². The fraction of sp³-hybridized carbons (Fsp3) is 0.524. The lowest BCUT2D eigenvalue weighted by Crippen LogP contribution is -2.41. The number of anilines is 1. The molecule has 0 aliphatic heterocycles. The molecule has 162 valence electrons. The number of nitrogens with one attached hydrogen (secondary N) is 2. The number of carbonyl (C=O) groups excluding carboxylic acids is 2. The predicted molar refractivity (Wildman–Crippen MR) is 117 cm³/mol. The van der Waals surface area contributed by atoms with E-state index < -0.39 is 0 Å². The zero-order valence-corrected chi connectivity index (χ0v) is 18.5. The van der Waals surface area contributed by atoms with Crippen LogP contribution in [0.3, 0.4) is 0 Å². The van der Waals surface area contributed by atoms with Crippen molar-refractivity contribution < 1.29 is 14.3 Å². The second kappa shape index (κ2) is 10.5. The van der Waals surface area contributed by atoms with Gasteiger partial charge in [0.15, 0.2) is 5.16 Å². The van der Waals surface area contributed by atoms with Gasteiger partial charge in [-0.05, 0) is 30.9 Å². The van der Waals surface area contributed by atoms with E-state index in [0.29, 0.717) is 28.3 Å². The lowest BCUT2D eigenvalue weighted by Gasteiger charge is -2.29. The van der Waals surface area contributed by atoms with Gasteiger partial charge in [-0.25, -0.2) is 0 Å². The summed E-state index contributed by atoms with van der Waals surface area (Å²) < 4.78 is 6.92. The maximum atomic E-state index is 12.4. The average Bonchev–Trinajstić information content (AvgIpc) is 3.07. The van der Waals surface area contributed by atoms with E-state index >= 15 is 0 Å². The van der Waals surface area contributed by atoms with Crippen LogP contribution in [0, 0.1) is 5.92 Å². The fourth-order valence-corrected chi connectivity index (χ4v) is 4.32. The first-order valence-corrected chi connectivity index (χ1v) is 11.2. The van der Waals surface area contributed by atoms with E-state index in [0.717, 1.165) is 6.42 Å². The van der Waals surface area contributed by atoms with Crippen LogP contribution in [0.1, 0.15) is 38.4 Å². The van der Waals surface area contributed by atoms with E-state index in [1.54, 1.807) is 30.9 Å². The zero-order valence-electron chi connectivity index (χ0n) is 17.7. The van der Waals surface area contributed by atoms with Gasteiger partial charge in [-0.15, -0.1) is 10.2 Å². The van der Waals surface area contributed by atoms with Gasteiger partial charge in [0.25, 0.3) is 0 Å². The van der Waals surface area contributed by atoms with Crippen molar-refractivity contribution in [2.24, 2.45) is 13.0 Å². The number of hydrogen-bond donors (Lipinski definition) is 2. The minimum Gasteiger partial charge on any atom is -0.497 e. The lowest BCUT2D eigenvalue weighted by atomic mass is 9.86. The summed E-state index contributed by atoms with van der Waals surface area (Å²) in [6, 6.07) is 7.44. The standard InChI is InChI=1S/C21H29N5O3S/c1-14-7-4-5-10-17(14)23-20(28)13-30-21-25-24-18(26(21)2)12-19(27)22-15-8-6-9-16(11-15)29-3/h6,8-9,11,14,17H,4-5,7,10,12-13H2,1-3H3,(H,22,27)(H,23,28)/t14-,17-/m0/s1. The third-order valence-electron chi connectivity index (χ3n) is 5.39. The third kappa shape index (κ3) is 5.98. The Morgan fingerprint density at radius 3 is 2.80 bits per heavy atom. The number of ether oxygens (including phenoxy) is 1. The van der Waals surface area contributed by atoms with Crippen molar-refractivity contribution in [2.45, 2.75) is 50.2 Å². The number of amides is 2. The molecule has 0 radical (unpaired) electrons. The number of methoxy groups -OCH3 is 1. The Balaban J connectivity index is 1.50. The predicted octanol–water partition coefficient (Wildman–Crippen LogP) is 2.79. The summed E-state index contributed by atoms with van der Waals surface area (Å²) in [6.07, 6.45) is 4.73. The zero-order chi connectivity index (χ0) is 21.5. The molecule has 1 fully saturated rings. The molecule has 1 heterocycles. The monoisotopic (exact) mass is 431 g/mol. The van der Waals surface area contributed by atoms with Crippen LogP contribution in [0.15, 0.2) is 29.4 Å². The molecule has 1 aromatic carbocycles. The van der Waals surface area contributed by atoms with Gasteiger partial charge in [-0.2, -0.15) is 0 Å². The maximum absolute atomic E-state index is 12.4. The molecular formula is C21H29N5O3S. The highest BCUT2D eigenvalue weighted by atomic mass is 32.2. The van der Waals surface area contributed by atoms with E-state index in [1.807, 2.05) is 12.1 Å². The van der Waals surface area contributed by atoms with Gasteiger partial charge >= 0.3 is 0 Å². The summed E-state index contributed by atoms with van der Waals surface area (Å²) in [6.45, 7) is 2.20. The molecule has 1 aliphatic carbocycles. The van der Waals surface area contributed by atoms with Gasteiger partial charge in [0.05, 0.1) is 19.3 Å². The van der Waals surface area contributed by atoms with E-state index in [1.165, 1.54) is 31.0 Å². The van der Waals surface area contributed by atoms with Gasteiger partial charge in [-0.3, -0.25) is 9.59 Å². The van der Waals surface area contributed by atoms with E-state index in [-0.39, 0.29) is 30.0 Å². The number of hydrogen-bond acceptors (Lipinski definition) is 6. The van der Waals surface area contributed by atoms with E-state index in [4.69, 9.17) is 4.74 Å². The number of benzene rings is 1. The SMILES string of the molecule is COc1cccc(NC(=O)Cc2nnc(SCC(=O)N[C@H]3CCCC[C@@H]3C)n2C)c1. The molecule has 1 aromatic heterocycles. The van der Waals surface area contributed by atoms with Crippen molar-refractivity contribution in [2.75, 3.05) is 18.2 Å². The molecule has 2 aromatic rings. The van der Waals surface area contributed by atoms with Crippen molar-refractivity contribution in [1.29, 1.82) is 0 Å². The molecule has 9 heteroatoms. The van der Waals surface area contributed by atoms with Gasteiger partial charge in [0.1, 0.15) is 11.6 Å². The van der Waals surface area contributed by atoms with Crippen molar-refractivity contribution in [3.05, 3.63) is 30.1 Å². The Morgan fingerprint density at radius 2 is 2.03 bits per heavy atom. The number of rotatable bonds is 8. The van der Waals surface area contributed by atoms with Crippen LogP contribution in [-0.4, -0.2) is 45.5 Å². The summed E-state index contributed by atoms with van der Waals surface area (Å²) in [4.78, 5) is 24.7. The maximum Gasteiger partial charge on any atom is 0.232 e. The largest absolute Gasteiger partial charge is 0.497 e. The molecule has 0 unspecified atom stereocenters. The quantitative estimate of drug-likeness (QED) is 0.624. The van der Waals surface area contributed by atoms with E-state index in [9.17, 15) is 9.59 Å². The minimum absolute atomic E-state index is 0.0130. The van der Waals surface area contributed by atoms with Crippen molar-refractivity contribution in [3.63, 3.8) is 0 Å². The Labute approximate surface area is 181 Å². The first-order valence-electron chi connectivity index (χ1n) is 10.2. The molecule has 0 saturated heterocycles. The number of nitrogens with zero attached hydrogens (tertiary/aromatic N) is 3. The highest BCUT2D eigenvalue weighted by Gasteiger charge is 2.23. The second-order valence-electron chi connectivity index (χ2n) is 7.64. The first kappa shape index (κ1) is 22.1. The lowest BCUT2D eigenvalue weighted by molar-refractivity contribution is -0.120. The van der Waals surface area contributed by atoms with Crippen LogP contribution in [-0.2, 0) is 23.1 Å². The molecule has 2 amide bonds. The summed E-state index contributed by atoms with van der Waals surface area (Å²) >= 11 is 1.33. The Bertz CT molecular complexity index is 885. The molecule has 1 aliphatic rings. The number of thioether (sulfide) groups is 1. The second-order valence-corrected chi connectivity index (χ2v) is 8.58. The van der Waals surface area contributed by atoms with Crippen LogP contribution < -0.4 is 15.4 Å². The van der Waals surface area contributed by atoms with E-state index in [2.05, 4.69) is 27.8 Å². The summed E-state index contributed by atoms with van der Waals surface area (Å²) in [7, 11) is 3.38. The highest BCUT2D eigenvalue weighted by Crippen LogP contribution is 2.24. The van der Waals surface area contributed by atoms with Gasteiger partial charge in [-0.1, -0.05) is 37.6 Å². The molecule has 2 atom stereocenters. The smallest absolute Gasteiger partial charge is 0.232 e. The first-order chi connectivity index (χ1) is 14.5. The minimum atomic E-state index is -0.195. The summed E-state index contributed by atoms with van der Waals surface area (Å²) in [5.41, 5.74) is 0.657. The number of aromatic nitrogens is 3. The van der Waals surface area contributed by atoms with Crippen LogP contribution in [0.2, 0.25) is 0 Å². The topological polar surface area (TPSA) is 98.1 Å². The molecule has 30 heavy (non-hydrogen) atoms. The summed E-state index contributed by atoms with van der Waals surface area (Å²) in [5.74, 6) is 1.84. The Hall–Kier alpha value is -2.55. The van der Waals surface area contributed by atoms with Gasteiger partial charge in [0.2, 0.25) is 11.8 Å². The highest BCUT2D eigenvalue weighted by molar-refractivity contribution is 7.99. The average molecular weight is 432 g/mol. The van der Waals surface area contributed by atoms with Gasteiger partial charge < -0.3 is 19.9 Å². The number of carbonyl (C=O) groups is 2. The van der Waals surface area contributed by atoms with Crippen molar-refractivity contribution in [3.8, 4) is 5.75 Å². The molecule has 0 bridgehead atoms. The molecule has 0 spiro atoms. The normalized spacial score (nSPS) is 18.6. The van der Waals surface area contributed by atoms with Gasteiger partial charge in [0, 0.05) is 24.8 Å². The Kier molecular flexibility index (Phi) is 7.73. The molecule has 2 N–H and O–H groups in total. The van der Waals surface area contributed by atoms with Crippen LogP contribution in [0.25, 0.3) is 0 Å².